The summed E-state index contributed by atoms with van der Waals surface area (Å²) >= 11 is 0. The molecule has 0 fully saturated rings. The quantitative estimate of drug-likeness (QED) is 0.781. The van der Waals surface area contributed by atoms with E-state index in [1.54, 1.807) is 6.92 Å². The fraction of sp³-hybridized carbons (Fsp3) is 0.375. The first-order valence-corrected chi connectivity index (χ1v) is 8.89. The zero-order valence-corrected chi connectivity index (χ0v) is 14.5. The van der Waals surface area contributed by atoms with Crippen molar-refractivity contribution in [1.82, 2.24) is 9.46 Å². The molecule has 2 aromatic rings. The summed E-state index contributed by atoms with van der Waals surface area (Å²) in [7, 11) is -2.70. The molecule has 1 aromatic carbocycles. The number of sulfonamides is 1. The van der Waals surface area contributed by atoms with E-state index in [0.717, 1.165) is 11.1 Å². The molecule has 7 nitrogen and oxygen atoms in total. The number of esters is 1. The van der Waals surface area contributed by atoms with E-state index in [4.69, 9.17) is 9.26 Å². The van der Waals surface area contributed by atoms with Crippen LogP contribution in [0.3, 0.4) is 0 Å². The Hall–Kier alpha value is -2.19. The van der Waals surface area contributed by atoms with Gasteiger partial charge in [0.15, 0.2) is 5.76 Å². The zero-order valence-electron chi connectivity index (χ0n) is 13.6. The van der Waals surface area contributed by atoms with Gasteiger partial charge in [-0.05, 0) is 25.0 Å². The summed E-state index contributed by atoms with van der Waals surface area (Å²) in [6, 6.07) is 6.55. The molecule has 8 heteroatoms. The molecule has 3 rings (SSSR count). The third-order valence-corrected chi connectivity index (χ3v) is 6.31. The van der Waals surface area contributed by atoms with E-state index < -0.39 is 22.0 Å². The first-order valence-electron chi connectivity index (χ1n) is 7.45. The van der Waals surface area contributed by atoms with Crippen LogP contribution in [0.4, 0.5) is 0 Å². The highest BCUT2D eigenvalue weighted by atomic mass is 32.2. The number of hydrogen-bond donors (Lipinski definition) is 0. The first kappa shape index (κ1) is 16.7. The van der Waals surface area contributed by atoms with Gasteiger partial charge in [0.2, 0.25) is 10.0 Å². The second kappa shape index (κ2) is 6.03. The van der Waals surface area contributed by atoms with E-state index in [0.29, 0.717) is 0 Å². The Morgan fingerprint density at radius 1 is 1.29 bits per heavy atom. The lowest BCUT2D eigenvalue weighted by molar-refractivity contribution is -0.145. The van der Waals surface area contributed by atoms with Crippen molar-refractivity contribution in [2.75, 3.05) is 7.11 Å². The van der Waals surface area contributed by atoms with Crippen LogP contribution in [0.1, 0.15) is 22.6 Å². The third-order valence-electron chi connectivity index (χ3n) is 4.21. The van der Waals surface area contributed by atoms with Gasteiger partial charge < -0.3 is 9.26 Å². The number of aromatic nitrogens is 1. The van der Waals surface area contributed by atoms with Gasteiger partial charge in [0.05, 0.1) is 7.11 Å². The van der Waals surface area contributed by atoms with Crippen molar-refractivity contribution in [3.05, 3.63) is 46.8 Å². The average molecular weight is 350 g/mol. The highest BCUT2D eigenvalue weighted by Gasteiger charge is 2.42. The molecule has 24 heavy (non-hydrogen) atoms. The van der Waals surface area contributed by atoms with E-state index >= 15 is 0 Å². The van der Waals surface area contributed by atoms with Crippen molar-refractivity contribution >= 4 is 16.0 Å². The van der Waals surface area contributed by atoms with Gasteiger partial charge in [-0.15, -0.1) is 0 Å². The third kappa shape index (κ3) is 2.61. The molecule has 1 aromatic heterocycles. The van der Waals surface area contributed by atoms with Crippen molar-refractivity contribution in [1.29, 1.82) is 0 Å². The van der Waals surface area contributed by atoms with Crippen LogP contribution in [0.15, 0.2) is 33.7 Å². The Morgan fingerprint density at radius 2 is 1.96 bits per heavy atom. The van der Waals surface area contributed by atoms with Crippen LogP contribution >= 0.6 is 0 Å². The second-order valence-corrected chi connectivity index (χ2v) is 7.54. The summed E-state index contributed by atoms with van der Waals surface area (Å²) in [6.45, 7) is 3.20. The van der Waals surface area contributed by atoms with Crippen LogP contribution in [-0.4, -0.2) is 37.0 Å². The lowest BCUT2D eigenvalue weighted by Gasteiger charge is -2.34. The SMILES string of the molecule is COC(=O)[C@@H]1Cc2ccccc2CN1S(=O)(=O)c1c(C)noc1C. The number of hydrogen-bond acceptors (Lipinski definition) is 6. The number of benzene rings is 1. The van der Waals surface area contributed by atoms with Crippen LogP contribution in [0.5, 0.6) is 0 Å². The number of nitrogens with zero attached hydrogens (tertiary/aromatic N) is 2. The lowest BCUT2D eigenvalue weighted by atomic mass is 9.96. The van der Waals surface area contributed by atoms with Crippen LogP contribution in [0.25, 0.3) is 0 Å². The highest BCUT2D eigenvalue weighted by molar-refractivity contribution is 7.89. The minimum Gasteiger partial charge on any atom is -0.468 e. The van der Waals surface area contributed by atoms with Crippen molar-refractivity contribution in [2.45, 2.75) is 37.8 Å². The van der Waals surface area contributed by atoms with Gasteiger partial charge in [-0.3, -0.25) is 4.79 Å². The lowest BCUT2D eigenvalue weighted by Crippen LogP contribution is -2.49. The molecule has 0 bridgehead atoms. The molecule has 2 heterocycles. The first-order chi connectivity index (χ1) is 11.4. The predicted octanol–water partition coefficient (Wildman–Crippen LogP) is 1.58. The van der Waals surface area contributed by atoms with Gasteiger partial charge in [0, 0.05) is 13.0 Å². The van der Waals surface area contributed by atoms with E-state index in [2.05, 4.69) is 5.16 Å². The van der Waals surface area contributed by atoms with Gasteiger partial charge in [-0.1, -0.05) is 29.4 Å². The van der Waals surface area contributed by atoms with E-state index in [1.807, 2.05) is 24.3 Å². The second-order valence-electron chi connectivity index (χ2n) is 5.72. The zero-order chi connectivity index (χ0) is 17.5. The molecular weight excluding hydrogens is 332 g/mol. The summed E-state index contributed by atoms with van der Waals surface area (Å²) in [5, 5.41) is 3.71. The van der Waals surface area contributed by atoms with Crippen LogP contribution in [0, 0.1) is 13.8 Å². The Morgan fingerprint density at radius 3 is 2.54 bits per heavy atom. The normalized spacial score (nSPS) is 18.2. The molecule has 1 aliphatic heterocycles. The van der Waals surface area contributed by atoms with Gasteiger partial charge in [-0.2, -0.15) is 4.31 Å². The Balaban J connectivity index is 2.11. The van der Waals surface area contributed by atoms with Crippen LogP contribution < -0.4 is 0 Å². The van der Waals surface area contributed by atoms with Crippen molar-refractivity contribution in [2.24, 2.45) is 0 Å². The van der Waals surface area contributed by atoms with E-state index in [9.17, 15) is 13.2 Å². The predicted molar refractivity (Wildman–Crippen MR) is 84.7 cm³/mol. The highest BCUT2D eigenvalue weighted by Crippen LogP contribution is 2.32. The smallest absolute Gasteiger partial charge is 0.324 e. The van der Waals surface area contributed by atoms with Gasteiger partial charge in [0.25, 0.3) is 0 Å². The molecule has 0 unspecified atom stereocenters. The summed E-state index contributed by atoms with van der Waals surface area (Å²) in [5.41, 5.74) is 2.08. The molecule has 1 aliphatic rings. The molecule has 0 saturated heterocycles. The molecule has 128 valence electrons. The van der Waals surface area contributed by atoms with E-state index in [1.165, 1.54) is 18.3 Å². The number of carbonyl (C=O) groups excluding carboxylic acids is 1. The molecule has 1 atom stereocenters. The van der Waals surface area contributed by atoms with Crippen molar-refractivity contribution in [3.63, 3.8) is 0 Å². The summed E-state index contributed by atoms with van der Waals surface area (Å²) in [6.07, 6.45) is 0.269. The maximum atomic E-state index is 13.1. The average Bonchev–Trinajstić information content (AvgIpc) is 2.92. The summed E-state index contributed by atoms with van der Waals surface area (Å²) < 4.78 is 37.3. The maximum absolute atomic E-state index is 13.1. The molecule has 0 spiro atoms. The molecule has 0 aliphatic carbocycles. The summed E-state index contributed by atoms with van der Waals surface area (Å²) in [4.78, 5) is 12.2. The molecule has 0 amide bonds. The number of fused-ring (bicyclic) bond motifs is 1. The Bertz CT molecular complexity index is 868. The monoisotopic (exact) mass is 350 g/mol. The topological polar surface area (TPSA) is 89.7 Å². The van der Waals surface area contributed by atoms with Crippen LogP contribution in [-0.2, 0) is 32.5 Å². The minimum absolute atomic E-state index is 0.00999. The number of ether oxygens (including phenoxy) is 1. The van der Waals surface area contributed by atoms with Gasteiger partial charge >= 0.3 is 5.97 Å². The van der Waals surface area contributed by atoms with Crippen LogP contribution in [0.2, 0.25) is 0 Å². The number of rotatable bonds is 3. The fourth-order valence-corrected chi connectivity index (χ4v) is 4.90. The fourth-order valence-electron chi connectivity index (χ4n) is 3.05. The standard InChI is InChI=1S/C16H18N2O5S/c1-10-15(11(2)23-17-10)24(20,21)18-9-13-7-5-4-6-12(13)8-14(18)16(19)22-3/h4-7,14H,8-9H2,1-3H3/t14-/m0/s1. The molecule has 0 saturated carbocycles. The van der Waals surface area contributed by atoms with Gasteiger partial charge in [-0.25, -0.2) is 8.42 Å². The van der Waals surface area contributed by atoms with Crippen molar-refractivity contribution < 1.29 is 22.5 Å². The van der Waals surface area contributed by atoms with Crippen molar-refractivity contribution in [3.8, 4) is 0 Å². The molecule has 0 N–H and O–H groups in total. The largest absolute Gasteiger partial charge is 0.468 e. The number of methoxy groups -OCH3 is 1. The molecular formula is C16H18N2O5S. The Kier molecular flexibility index (Phi) is 4.18. The van der Waals surface area contributed by atoms with Gasteiger partial charge in [0.1, 0.15) is 16.6 Å². The maximum Gasteiger partial charge on any atom is 0.324 e. The Labute approximate surface area is 140 Å². The summed E-state index contributed by atoms with van der Waals surface area (Å²) in [5.74, 6) is -0.380. The number of aryl methyl sites for hydroxylation is 2. The minimum atomic E-state index is -3.95. The van der Waals surface area contributed by atoms with E-state index in [-0.39, 0.29) is 29.3 Å². The number of carbonyl (C=O) groups is 1. The molecule has 0 radical (unpaired) electrons.